The number of carbonyl (C=O) groups is 1. The normalized spacial score (nSPS) is 22.3. The van der Waals surface area contributed by atoms with E-state index in [1.807, 2.05) is 6.33 Å². The van der Waals surface area contributed by atoms with Gasteiger partial charge in [-0.1, -0.05) is 12.8 Å². The van der Waals surface area contributed by atoms with Crippen LogP contribution in [-0.4, -0.2) is 61.9 Å². The van der Waals surface area contributed by atoms with E-state index in [1.165, 1.54) is 17.9 Å². The summed E-state index contributed by atoms with van der Waals surface area (Å²) >= 11 is 0. The van der Waals surface area contributed by atoms with Crippen molar-refractivity contribution in [3.8, 4) is 0 Å². The molecule has 3 aliphatic rings. The molecule has 1 saturated heterocycles. The highest BCUT2D eigenvalue weighted by Gasteiger charge is 2.34. The second-order valence-electron chi connectivity index (χ2n) is 12.0. The van der Waals surface area contributed by atoms with Crippen LogP contribution in [0.1, 0.15) is 75.8 Å². The number of rotatable bonds is 7. The topological polar surface area (TPSA) is 135 Å². The lowest BCUT2D eigenvalue weighted by Crippen LogP contribution is -2.41. The first-order valence-electron chi connectivity index (χ1n) is 15.3. The fourth-order valence-corrected chi connectivity index (χ4v) is 6.34. The van der Waals surface area contributed by atoms with Crippen molar-refractivity contribution in [3.05, 3.63) is 35.9 Å². The van der Waals surface area contributed by atoms with Crippen LogP contribution in [0.5, 0.6) is 0 Å². The maximum absolute atomic E-state index is 13.6. The van der Waals surface area contributed by atoms with E-state index in [0.717, 1.165) is 50.2 Å². The zero-order chi connectivity index (χ0) is 30.8. The van der Waals surface area contributed by atoms with Gasteiger partial charge in [-0.25, -0.2) is 14.2 Å². The molecule has 11 nitrogen and oxygen atoms in total. The average Bonchev–Trinajstić information content (AvgIpc) is 3.66. The van der Waals surface area contributed by atoms with Crippen molar-refractivity contribution in [1.29, 1.82) is 0 Å². The molecule has 2 saturated carbocycles. The van der Waals surface area contributed by atoms with Gasteiger partial charge in [-0.3, -0.25) is 5.32 Å². The van der Waals surface area contributed by atoms with Crippen LogP contribution < -0.4 is 21.7 Å². The number of halogens is 4. The van der Waals surface area contributed by atoms with Crippen molar-refractivity contribution in [1.82, 2.24) is 24.6 Å². The average molecular weight is 620 g/mol. The van der Waals surface area contributed by atoms with Crippen molar-refractivity contribution < 1.29 is 27.2 Å². The second kappa shape index (κ2) is 12.7. The van der Waals surface area contributed by atoms with E-state index in [2.05, 4.69) is 20.5 Å². The van der Waals surface area contributed by atoms with Gasteiger partial charge in [0.25, 0.3) is 0 Å². The van der Waals surface area contributed by atoms with Crippen LogP contribution in [0, 0.1) is 5.82 Å². The first-order chi connectivity index (χ1) is 21.1. The number of carbonyl (C=O) groups excluding carboxylic acids is 1. The maximum atomic E-state index is 13.6. The molecule has 6 rings (SSSR count). The van der Waals surface area contributed by atoms with Gasteiger partial charge in [-0.2, -0.15) is 23.1 Å². The Morgan fingerprint density at radius 1 is 0.955 bits per heavy atom. The van der Waals surface area contributed by atoms with Crippen molar-refractivity contribution in [2.45, 2.75) is 94.6 Å². The summed E-state index contributed by atoms with van der Waals surface area (Å²) in [6.45, 7) is 0.779. The number of hydrogen-bond donors (Lipinski definition) is 4. The number of anilines is 3. The third-order valence-electron chi connectivity index (χ3n) is 8.77. The summed E-state index contributed by atoms with van der Waals surface area (Å²) in [5.41, 5.74) is 5.93. The van der Waals surface area contributed by atoms with Crippen molar-refractivity contribution in [2.75, 3.05) is 29.0 Å². The van der Waals surface area contributed by atoms with Gasteiger partial charge in [0.15, 0.2) is 17.0 Å². The Kier molecular flexibility index (Phi) is 8.76. The third-order valence-corrected chi connectivity index (χ3v) is 8.77. The smallest absolute Gasteiger partial charge is 0.365 e. The summed E-state index contributed by atoms with van der Waals surface area (Å²) < 4.78 is 54.8. The number of nitrogens with two attached hydrogens (primary N) is 1. The molecule has 238 valence electrons. The lowest BCUT2D eigenvalue weighted by Gasteiger charge is -2.31. The Balaban J connectivity index is 1.10. The number of amides is 1. The molecule has 15 heteroatoms. The van der Waals surface area contributed by atoms with E-state index >= 15 is 0 Å². The molecule has 0 bridgehead atoms. The van der Waals surface area contributed by atoms with E-state index in [0.29, 0.717) is 61.4 Å². The van der Waals surface area contributed by atoms with E-state index in [1.54, 1.807) is 0 Å². The lowest BCUT2D eigenvalue weighted by molar-refractivity contribution is -0.139. The summed E-state index contributed by atoms with van der Waals surface area (Å²) in [6, 6.07) is 3.11. The van der Waals surface area contributed by atoms with Crippen LogP contribution in [0.2, 0.25) is 0 Å². The summed E-state index contributed by atoms with van der Waals surface area (Å²) in [5, 5.41) is 10.8. The predicted octanol–water partition coefficient (Wildman–Crippen LogP) is 5.82. The number of nitrogens with zero attached hydrogens (tertiary/aromatic N) is 5. The Morgan fingerprint density at radius 3 is 2.36 bits per heavy atom. The molecule has 0 spiro atoms. The highest BCUT2D eigenvalue weighted by Crippen LogP contribution is 2.35. The number of imidazole rings is 1. The summed E-state index contributed by atoms with van der Waals surface area (Å²) in [7, 11) is 0. The first-order valence-corrected chi connectivity index (χ1v) is 15.3. The molecule has 3 heterocycles. The number of hydroxylamine groups is 2. The van der Waals surface area contributed by atoms with E-state index in [4.69, 9.17) is 25.5 Å². The van der Waals surface area contributed by atoms with Crippen LogP contribution in [0.15, 0.2) is 24.5 Å². The molecule has 3 fully saturated rings. The molecule has 5 N–H and O–H groups in total. The molecule has 1 amide bonds. The summed E-state index contributed by atoms with van der Waals surface area (Å²) in [6.07, 6.45) is 5.65. The van der Waals surface area contributed by atoms with Gasteiger partial charge in [0.2, 0.25) is 5.95 Å². The SMILES string of the molecule is N[C@H]1CC[C@H](Nc2nc(NC3CCN(OC(=O)Nc4ccc(F)c(C(F)(F)F)c4)CC3)c3ncn(C4CCCC4)c3n2)CC1. The van der Waals surface area contributed by atoms with Gasteiger partial charge in [0.05, 0.1) is 11.9 Å². The van der Waals surface area contributed by atoms with Gasteiger partial charge in [-0.05, 0) is 69.6 Å². The quantitative estimate of drug-likeness (QED) is 0.241. The van der Waals surface area contributed by atoms with Crippen LogP contribution in [-0.2, 0) is 11.0 Å². The number of alkyl halides is 3. The van der Waals surface area contributed by atoms with Crippen LogP contribution in [0.25, 0.3) is 11.2 Å². The van der Waals surface area contributed by atoms with E-state index in [9.17, 15) is 22.4 Å². The first kappa shape index (κ1) is 30.3. The second-order valence-corrected chi connectivity index (χ2v) is 12.0. The number of hydrogen-bond acceptors (Lipinski definition) is 9. The fourth-order valence-electron chi connectivity index (χ4n) is 6.34. The number of benzene rings is 1. The molecule has 0 unspecified atom stereocenters. The molecular weight excluding hydrogens is 582 g/mol. The third kappa shape index (κ3) is 6.98. The largest absolute Gasteiger partial charge is 0.430 e. The molecule has 2 aliphatic carbocycles. The summed E-state index contributed by atoms with van der Waals surface area (Å²) in [5.74, 6) is -0.207. The van der Waals surface area contributed by atoms with Crippen molar-refractivity contribution in [2.24, 2.45) is 5.73 Å². The Morgan fingerprint density at radius 2 is 1.66 bits per heavy atom. The Labute approximate surface area is 251 Å². The molecule has 0 atom stereocenters. The highest BCUT2D eigenvalue weighted by atomic mass is 19.4. The maximum Gasteiger partial charge on any atom is 0.430 e. The Bertz CT molecular complexity index is 1460. The molecule has 3 aromatic rings. The molecule has 2 aromatic heterocycles. The van der Waals surface area contributed by atoms with Crippen molar-refractivity contribution >= 4 is 34.7 Å². The summed E-state index contributed by atoms with van der Waals surface area (Å²) in [4.78, 5) is 32.1. The van der Waals surface area contributed by atoms with Crippen LogP contribution >= 0.6 is 0 Å². The minimum Gasteiger partial charge on any atom is -0.365 e. The zero-order valence-electron chi connectivity index (χ0n) is 24.2. The van der Waals surface area contributed by atoms with Crippen molar-refractivity contribution in [3.63, 3.8) is 0 Å². The molecule has 1 aromatic carbocycles. The van der Waals surface area contributed by atoms with Gasteiger partial charge < -0.3 is 25.8 Å². The van der Waals surface area contributed by atoms with E-state index < -0.39 is 23.7 Å². The van der Waals surface area contributed by atoms with E-state index in [-0.39, 0.29) is 23.8 Å². The van der Waals surface area contributed by atoms with Gasteiger partial charge in [0.1, 0.15) is 5.82 Å². The van der Waals surface area contributed by atoms with Gasteiger partial charge in [-0.15, -0.1) is 5.06 Å². The fraction of sp³-hybridized carbons (Fsp3) is 0.586. The molecule has 0 radical (unpaired) electrons. The highest BCUT2D eigenvalue weighted by molar-refractivity contribution is 5.85. The lowest BCUT2D eigenvalue weighted by atomic mass is 9.92. The van der Waals surface area contributed by atoms with Gasteiger partial charge >= 0.3 is 12.3 Å². The zero-order valence-corrected chi connectivity index (χ0v) is 24.2. The van der Waals surface area contributed by atoms with Gasteiger partial charge in [0, 0.05) is 42.9 Å². The van der Waals surface area contributed by atoms with Crippen LogP contribution in [0.4, 0.5) is 39.8 Å². The number of piperidine rings is 1. The minimum atomic E-state index is -4.88. The molecule has 44 heavy (non-hydrogen) atoms. The number of fused-ring (bicyclic) bond motifs is 1. The number of nitrogens with one attached hydrogen (secondary N) is 3. The predicted molar refractivity (Wildman–Crippen MR) is 156 cm³/mol. The Hall–Kier alpha value is -3.72. The number of aromatic nitrogens is 4. The van der Waals surface area contributed by atoms with Crippen LogP contribution in [0.3, 0.4) is 0 Å². The molecule has 1 aliphatic heterocycles. The standard InChI is InChI=1S/C29H37F4N9O2/c30-23-10-9-20(15-22(23)29(31,32)33)38-28(43)44-41-13-11-19(12-14-41)36-25-24-26(42(16-35-24)21-3-1-2-4-21)40-27(39-25)37-18-7-5-17(34)6-8-18/h9-10,15-19,21H,1-8,11-14,34H2,(H,38,43)(H2,36,37,39,40)/t17-,18-. The minimum absolute atomic E-state index is 0.0135. The molecular formula is C29H37F4N9O2. The monoisotopic (exact) mass is 619 g/mol.